The molecule has 2 rings (SSSR count). The summed E-state index contributed by atoms with van der Waals surface area (Å²) in [5.41, 5.74) is 0.499. The maximum Gasteiger partial charge on any atom is 0.257 e. The molecule has 0 unspecified atom stereocenters. The number of carbonyl (C=O) groups is 1. The van der Waals surface area contributed by atoms with E-state index in [9.17, 15) is 4.79 Å². The first-order valence-corrected chi connectivity index (χ1v) is 7.01. The van der Waals surface area contributed by atoms with Crippen LogP contribution < -0.4 is 5.32 Å². The number of halogens is 1. The van der Waals surface area contributed by atoms with Gasteiger partial charge in [-0.2, -0.15) is 9.36 Å². The van der Waals surface area contributed by atoms with Gasteiger partial charge < -0.3 is 0 Å². The maximum atomic E-state index is 11.8. The molecule has 1 amide bonds. The van der Waals surface area contributed by atoms with Crippen molar-refractivity contribution in [3.63, 3.8) is 0 Å². The van der Waals surface area contributed by atoms with Crippen LogP contribution in [0.25, 0.3) is 0 Å². The number of benzene rings is 1. The van der Waals surface area contributed by atoms with Crippen LogP contribution in [-0.2, 0) is 0 Å². The van der Waals surface area contributed by atoms with E-state index >= 15 is 0 Å². The Bertz CT molecular complexity index is 544. The van der Waals surface area contributed by atoms with Crippen molar-refractivity contribution < 1.29 is 4.79 Å². The quantitative estimate of drug-likeness (QED) is 0.880. The van der Waals surface area contributed by atoms with Crippen molar-refractivity contribution >= 4 is 45.9 Å². The normalized spacial score (nSPS) is 10.2. The van der Waals surface area contributed by atoms with Crippen LogP contribution >= 0.6 is 34.9 Å². The predicted molar refractivity (Wildman–Crippen MR) is 71.1 cm³/mol. The number of aromatic nitrogens is 2. The smallest absolute Gasteiger partial charge is 0.257 e. The fourth-order valence-corrected chi connectivity index (χ4v) is 2.45. The highest BCUT2D eigenvalue weighted by atomic mass is 35.5. The van der Waals surface area contributed by atoms with E-state index in [0.29, 0.717) is 20.9 Å². The molecule has 0 spiro atoms. The number of anilines is 1. The van der Waals surface area contributed by atoms with Crippen LogP contribution in [0.1, 0.15) is 10.4 Å². The molecule has 1 aromatic carbocycles. The van der Waals surface area contributed by atoms with Gasteiger partial charge in [-0.3, -0.25) is 10.1 Å². The molecule has 0 saturated heterocycles. The van der Waals surface area contributed by atoms with Gasteiger partial charge in [-0.05, 0) is 24.5 Å². The van der Waals surface area contributed by atoms with E-state index in [4.69, 9.17) is 11.6 Å². The topological polar surface area (TPSA) is 54.9 Å². The number of amides is 1. The second-order valence-electron chi connectivity index (χ2n) is 3.05. The van der Waals surface area contributed by atoms with E-state index < -0.39 is 0 Å². The zero-order valence-electron chi connectivity index (χ0n) is 8.81. The third-order valence-corrected chi connectivity index (χ3v) is 3.43. The number of hydrogen-bond donors (Lipinski definition) is 1. The largest absolute Gasteiger partial charge is 0.297 e. The highest BCUT2D eigenvalue weighted by Gasteiger charge is 2.09. The molecule has 0 aliphatic carbocycles. The monoisotopic (exact) mass is 285 g/mol. The Morgan fingerprint density at radius 1 is 1.53 bits per heavy atom. The Hall–Kier alpha value is -1.11. The summed E-state index contributed by atoms with van der Waals surface area (Å²) in [6.45, 7) is 0. The van der Waals surface area contributed by atoms with Crippen LogP contribution in [0.5, 0.6) is 0 Å². The molecular weight excluding hydrogens is 278 g/mol. The highest BCUT2D eigenvalue weighted by Crippen LogP contribution is 2.19. The van der Waals surface area contributed by atoms with Crippen molar-refractivity contribution in [2.75, 3.05) is 11.6 Å². The Morgan fingerprint density at radius 3 is 3.00 bits per heavy atom. The van der Waals surface area contributed by atoms with Crippen LogP contribution in [0, 0.1) is 0 Å². The zero-order chi connectivity index (χ0) is 12.3. The molecule has 0 aliphatic heterocycles. The standard InChI is InChI=1S/C10H8ClN3OS2/c1-16-10-13-9(17-14-10)12-8(15)6-3-2-4-7(11)5-6/h2-5H,1H3,(H,12,13,14,15). The molecule has 88 valence electrons. The first-order valence-electron chi connectivity index (χ1n) is 4.63. The Kier molecular flexibility index (Phi) is 3.98. The van der Waals surface area contributed by atoms with E-state index in [1.54, 1.807) is 24.3 Å². The van der Waals surface area contributed by atoms with Gasteiger partial charge in [0.25, 0.3) is 5.91 Å². The molecule has 7 heteroatoms. The molecule has 2 aromatic rings. The summed E-state index contributed by atoms with van der Waals surface area (Å²) >= 11 is 8.39. The predicted octanol–water partition coefficient (Wildman–Crippen LogP) is 3.17. The van der Waals surface area contributed by atoms with Crippen LogP contribution in [0.3, 0.4) is 0 Å². The molecule has 1 N–H and O–H groups in total. The zero-order valence-corrected chi connectivity index (χ0v) is 11.2. The van der Waals surface area contributed by atoms with Gasteiger partial charge in [-0.1, -0.05) is 29.4 Å². The third-order valence-electron chi connectivity index (χ3n) is 1.90. The van der Waals surface area contributed by atoms with Gasteiger partial charge >= 0.3 is 0 Å². The number of rotatable bonds is 3. The highest BCUT2D eigenvalue weighted by molar-refractivity contribution is 7.98. The minimum Gasteiger partial charge on any atom is -0.297 e. The number of hydrogen-bond acceptors (Lipinski definition) is 5. The Labute approximate surface area is 112 Å². The third kappa shape index (κ3) is 3.18. The van der Waals surface area contributed by atoms with Gasteiger partial charge in [-0.15, -0.1) is 0 Å². The summed E-state index contributed by atoms with van der Waals surface area (Å²) in [4.78, 5) is 15.9. The lowest BCUT2D eigenvalue weighted by Crippen LogP contribution is -2.11. The summed E-state index contributed by atoms with van der Waals surface area (Å²) < 4.78 is 4.05. The first kappa shape index (κ1) is 12.3. The molecule has 0 atom stereocenters. The number of nitrogens with one attached hydrogen (secondary N) is 1. The molecule has 1 aromatic heterocycles. The molecule has 4 nitrogen and oxygen atoms in total. The molecule has 0 radical (unpaired) electrons. The van der Waals surface area contributed by atoms with Crippen molar-refractivity contribution in [3.05, 3.63) is 34.9 Å². The lowest BCUT2D eigenvalue weighted by Gasteiger charge is -2.00. The van der Waals surface area contributed by atoms with Crippen molar-refractivity contribution in [1.82, 2.24) is 9.36 Å². The summed E-state index contributed by atoms with van der Waals surface area (Å²) in [6, 6.07) is 6.74. The van der Waals surface area contributed by atoms with Crippen molar-refractivity contribution in [1.29, 1.82) is 0 Å². The summed E-state index contributed by atoms with van der Waals surface area (Å²) in [6.07, 6.45) is 1.88. The van der Waals surface area contributed by atoms with Crippen LogP contribution in [-0.4, -0.2) is 21.5 Å². The average Bonchev–Trinajstić information content (AvgIpc) is 2.77. The van der Waals surface area contributed by atoms with Gasteiger partial charge in [0.1, 0.15) is 0 Å². The molecule has 17 heavy (non-hydrogen) atoms. The second-order valence-corrected chi connectivity index (χ2v) is 5.01. The summed E-state index contributed by atoms with van der Waals surface area (Å²) in [5, 5.41) is 4.34. The molecule has 0 fully saturated rings. The van der Waals surface area contributed by atoms with Crippen molar-refractivity contribution in [2.45, 2.75) is 5.16 Å². The number of carbonyl (C=O) groups excluding carboxylic acids is 1. The SMILES string of the molecule is CSc1nsc(NC(=O)c2cccc(Cl)c2)n1. The molecule has 1 heterocycles. The van der Waals surface area contributed by atoms with E-state index in [1.807, 2.05) is 6.26 Å². The van der Waals surface area contributed by atoms with Gasteiger partial charge in [0.05, 0.1) is 0 Å². The van der Waals surface area contributed by atoms with E-state index in [0.717, 1.165) is 11.5 Å². The minimum absolute atomic E-state index is 0.240. The lowest BCUT2D eigenvalue weighted by molar-refractivity contribution is 0.102. The van der Waals surface area contributed by atoms with Crippen LogP contribution in [0.4, 0.5) is 5.13 Å². The molecular formula is C10H8ClN3OS2. The van der Waals surface area contributed by atoms with Crippen molar-refractivity contribution in [3.8, 4) is 0 Å². The lowest BCUT2D eigenvalue weighted by atomic mass is 10.2. The maximum absolute atomic E-state index is 11.8. The van der Waals surface area contributed by atoms with Crippen LogP contribution in [0.2, 0.25) is 5.02 Å². The van der Waals surface area contributed by atoms with E-state index in [2.05, 4.69) is 14.7 Å². The Balaban J connectivity index is 2.11. The van der Waals surface area contributed by atoms with E-state index in [-0.39, 0.29) is 5.91 Å². The first-order chi connectivity index (χ1) is 8.19. The van der Waals surface area contributed by atoms with Crippen LogP contribution in [0.15, 0.2) is 29.4 Å². The molecule has 0 saturated carbocycles. The van der Waals surface area contributed by atoms with Crippen molar-refractivity contribution in [2.24, 2.45) is 0 Å². The number of nitrogens with zero attached hydrogens (tertiary/aromatic N) is 2. The fraction of sp³-hybridized carbons (Fsp3) is 0.100. The van der Waals surface area contributed by atoms with Gasteiger partial charge in [0.15, 0.2) is 0 Å². The fourth-order valence-electron chi connectivity index (χ4n) is 1.14. The summed E-state index contributed by atoms with van der Waals surface area (Å²) in [7, 11) is 0. The molecule has 0 bridgehead atoms. The molecule has 0 aliphatic rings. The van der Waals surface area contributed by atoms with Gasteiger partial charge in [-0.25, -0.2) is 0 Å². The second kappa shape index (κ2) is 5.48. The minimum atomic E-state index is -0.240. The Morgan fingerprint density at radius 2 is 2.35 bits per heavy atom. The van der Waals surface area contributed by atoms with E-state index in [1.165, 1.54) is 11.8 Å². The van der Waals surface area contributed by atoms with Gasteiger partial charge in [0.2, 0.25) is 10.3 Å². The average molecular weight is 286 g/mol. The van der Waals surface area contributed by atoms with Gasteiger partial charge in [0, 0.05) is 22.1 Å². The summed E-state index contributed by atoms with van der Waals surface area (Å²) in [5.74, 6) is -0.240. The number of thioether (sulfide) groups is 1.